The van der Waals surface area contributed by atoms with E-state index in [1.54, 1.807) is 23.7 Å². The Morgan fingerprint density at radius 2 is 1.87 bits per heavy atom. The van der Waals surface area contributed by atoms with Crippen LogP contribution in [0.3, 0.4) is 0 Å². The molecule has 0 aliphatic rings. The van der Waals surface area contributed by atoms with Gasteiger partial charge in [-0.15, -0.1) is 5.10 Å². The van der Waals surface area contributed by atoms with Crippen molar-refractivity contribution in [3.05, 3.63) is 65.5 Å². The molecule has 3 rings (SSSR count). The average molecular weight is 414 g/mol. The monoisotopic (exact) mass is 414 g/mol. The van der Waals surface area contributed by atoms with E-state index in [-0.39, 0.29) is 12.0 Å². The van der Waals surface area contributed by atoms with Gasteiger partial charge in [0.1, 0.15) is 5.82 Å². The molecule has 0 aliphatic heterocycles. The lowest BCUT2D eigenvalue weighted by molar-refractivity contribution is -0.0232. The second-order valence-corrected chi connectivity index (χ2v) is 7.13. The summed E-state index contributed by atoms with van der Waals surface area (Å²) < 4.78 is 30.1. The van der Waals surface area contributed by atoms with E-state index in [4.69, 9.17) is 0 Å². The quantitative estimate of drug-likeness (QED) is 0.537. The maximum absolute atomic E-state index is 14.3. The fourth-order valence-electron chi connectivity index (χ4n) is 3.27. The van der Waals surface area contributed by atoms with Gasteiger partial charge in [-0.3, -0.25) is 4.98 Å². The number of carboxylic acid groups (broad SMARTS) is 1. The minimum atomic E-state index is -3.04. The van der Waals surface area contributed by atoms with Crippen molar-refractivity contribution in [3.8, 4) is 11.1 Å². The molecular formula is C22H24F2N4O2. The lowest BCUT2D eigenvalue weighted by Crippen LogP contribution is -2.15. The highest BCUT2D eigenvalue weighted by Gasteiger charge is 2.36. The van der Waals surface area contributed by atoms with Crippen molar-refractivity contribution in [2.24, 2.45) is 0 Å². The molecule has 2 aromatic heterocycles. The Kier molecular flexibility index (Phi) is 6.54. The third-order valence-corrected chi connectivity index (χ3v) is 4.75. The molecule has 1 aromatic carbocycles. The summed E-state index contributed by atoms with van der Waals surface area (Å²) >= 11 is 0. The molecule has 2 heterocycles. The second kappa shape index (κ2) is 9.11. The molecule has 158 valence electrons. The van der Waals surface area contributed by atoms with Gasteiger partial charge in [-0.1, -0.05) is 38.1 Å². The number of pyridine rings is 1. The lowest BCUT2D eigenvalue weighted by atomic mass is 10.00. The highest BCUT2D eigenvalue weighted by atomic mass is 19.3. The van der Waals surface area contributed by atoms with Crippen LogP contribution in [0, 0.1) is 0 Å². The van der Waals surface area contributed by atoms with Crippen LogP contribution < -0.4 is 0 Å². The number of aryl methyl sites for hydroxylation is 1. The van der Waals surface area contributed by atoms with Crippen LogP contribution in [0.25, 0.3) is 11.1 Å². The molecule has 0 saturated heterocycles. The number of halogens is 2. The number of carbonyl (C=O) groups is 1. The van der Waals surface area contributed by atoms with Crippen LogP contribution in [0.4, 0.5) is 8.78 Å². The summed E-state index contributed by atoms with van der Waals surface area (Å²) in [4.78, 5) is 19.6. The minimum absolute atomic E-state index is 0.170. The SMILES string of the molecule is CCCn1nc(C(F)(F)CCC)nc1Cc1ccc(-c2cnccc2C(=O)O)cc1. The summed E-state index contributed by atoms with van der Waals surface area (Å²) in [5.74, 6) is -4.00. The molecule has 30 heavy (non-hydrogen) atoms. The Labute approximate surface area is 173 Å². The molecule has 0 atom stereocenters. The first kappa shape index (κ1) is 21.5. The van der Waals surface area contributed by atoms with Crippen molar-refractivity contribution in [1.29, 1.82) is 0 Å². The standard InChI is InChI=1S/C22H24F2N4O2/c1-3-10-22(23,24)21-26-19(28(27-21)12-4-2)13-15-5-7-16(8-6-15)18-14-25-11-9-17(18)20(29)30/h5-9,11,14H,3-4,10,12-13H2,1-2H3,(H,29,30). The average Bonchev–Trinajstić information content (AvgIpc) is 3.12. The largest absolute Gasteiger partial charge is 0.478 e. The molecule has 0 fully saturated rings. The number of rotatable bonds is 9. The van der Waals surface area contributed by atoms with E-state index in [2.05, 4.69) is 15.1 Å². The predicted octanol–water partition coefficient (Wildman–Crippen LogP) is 4.93. The summed E-state index contributed by atoms with van der Waals surface area (Å²) in [5, 5.41) is 13.4. The van der Waals surface area contributed by atoms with Gasteiger partial charge in [0, 0.05) is 37.3 Å². The highest BCUT2D eigenvalue weighted by molar-refractivity contribution is 5.95. The second-order valence-electron chi connectivity index (χ2n) is 7.13. The summed E-state index contributed by atoms with van der Waals surface area (Å²) in [6, 6.07) is 8.72. The van der Waals surface area contributed by atoms with Gasteiger partial charge in [0.25, 0.3) is 0 Å². The Morgan fingerprint density at radius 3 is 2.50 bits per heavy atom. The number of nitrogens with zero attached hydrogens (tertiary/aromatic N) is 4. The number of hydrogen-bond donors (Lipinski definition) is 1. The van der Waals surface area contributed by atoms with Gasteiger partial charge in [0.2, 0.25) is 5.82 Å². The van der Waals surface area contributed by atoms with E-state index in [0.717, 1.165) is 17.5 Å². The molecule has 0 aliphatic carbocycles. The number of hydrogen-bond acceptors (Lipinski definition) is 4. The molecule has 0 bridgehead atoms. The third-order valence-electron chi connectivity index (χ3n) is 4.75. The van der Waals surface area contributed by atoms with E-state index in [1.165, 1.54) is 18.5 Å². The Balaban J connectivity index is 1.87. The zero-order valence-electron chi connectivity index (χ0n) is 17.0. The van der Waals surface area contributed by atoms with Crippen LogP contribution in [-0.4, -0.2) is 30.8 Å². The van der Waals surface area contributed by atoms with Crippen LogP contribution in [0.1, 0.15) is 60.7 Å². The van der Waals surface area contributed by atoms with E-state index >= 15 is 0 Å². The van der Waals surface area contributed by atoms with Gasteiger partial charge in [-0.05, 0) is 30.0 Å². The van der Waals surface area contributed by atoms with Crippen LogP contribution in [-0.2, 0) is 18.9 Å². The van der Waals surface area contributed by atoms with Gasteiger partial charge in [0.15, 0.2) is 0 Å². The van der Waals surface area contributed by atoms with Crippen molar-refractivity contribution >= 4 is 5.97 Å². The number of aromatic carboxylic acids is 1. The summed E-state index contributed by atoms with van der Waals surface area (Å²) in [6.07, 6.45) is 4.13. The summed E-state index contributed by atoms with van der Waals surface area (Å²) in [5.41, 5.74) is 2.28. The molecule has 3 aromatic rings. The number of aromatic nitrogens is 4. The molecular weight excluding hydrogens is 390 g/mol. The number of carboxylic acids is 1. The summed E-state index contributed by atoms with van der Waals surface area (Å²) in [6.45, 7) is 4.18. The van der Waals surface area contributed by atoms with Crippen molar-refractivity contribution in [1.82, 2.24) is 19.7 Å². The van der Waals surface area contributed by atoms with Crippen molar-refractivity contribution in [2.75, 3.05) is 0 Å². The molecule has 0 spiro atoms. The molecule has 6 nitrogen and oxygen atoms in total. The maximum Gasteiger partial charge on any atom is 0.336 e. The maximum atomic E-state index is 14.3. The Morgan fingerprint density at radius 1 is 1.13 bits per heavy atom. The smallest absolute Gasteiger partial charge is 0.336 e. The molecule has 1 N–H and O–H groups in total. The van der Waals surface area contributed by atoms with E-state index in [1.807, 2.05) is 19.1 Å². The normalized spacial score (nSPS) is 11.6. The van der Waals surface area contributed by atoms with Crippen LogP contribution >= 0.6 is 0 Å². The Bertz CT molecular complexity index is 1020. The zero-order valence-corrected chi connectivity index (χ0v) is 17.0. The number of alkyl halides is 2. The van der Waals surface area contributed by atoms with Crippen LogP contribution in [0.2, 0.25) is 0 Å². The predicted molar refractivity (Wildman–Crippen MR) is 109 cm³/mol. The van der Waals surface area contributed by atoms with Crippen molar-refractivity contribution in [3.63, 3.8) is 0 Å². The van der Waals surface area contributed by atoms with E-state index in [0.29, 0.717) is 30.8 Å². The molecule has 8 heteroatoms. The molecule has 0 amide bonds. The summed E-state index contributed by atoms with van der Waals surface area (Å²) in [7, 11) is 0. The minimum Gasteiger partial charge on any atom is -0.478 e. The van der Waals surface area contributed by atoms with Crippen LogP contribution in [0.15, 0.2) is 42.7 Å². The van der Waals surface area contributed by atoms with E-state index < -0.39 is 17.7 Å². The van der Waals surface area contributed by atoms with Gasteiger partial charge >= 0.3 is 11.9 Å². The first-order chi connectivity index (χ1) is 14.4. The molecule has 0 saturated carbocycles. The fraction of sp³-hybridized carbons (Fsp3) is 0.364. The first-order valence-electron chi connectivity index (χ1n) is 9.94. The van der Waals surface area contributed by atoms with Gasteiger partial charge in [0.05, 0.1) is 5.56 Å². The van der Waals surface area contributed by atoms with Gasteiger partial charge in [-0.2, -0.15) is 8.78 Å². The first-order valence-corrected chi connectivity index (χ1v) is 9.94. The molecule has 0 radical (unpaired) electrons. The Hall–Kier alpha value is -3.16. The zero-order chi connectivity index (χ0) is 21.7. The number of benzene rings is 1. The van der Waals surface area contributed by atoms with E-state index in [9.17, 15) is 18.7 Å². The third kappa shape index (κ3) is 4.69. The van der Waals surface area contributed by atoms with Crippen molar-refractivity contribution < 1.29 is 18.7 Å². The van der Waals surface area contributed by atoms with Crippen molar-refractivity contribution in [2.45, 2.75) is 52.0 Å². The topological polar surface area (TPSA) is 80.9 Å². The molecule has 0 unspecified atom stereocenters. The lowest BCUT2D eigenvalue weighted by Gasteiger charge is -2.10. The van der Waals surface area contributed by atoms with Crippen LogP contribution in [0.5, 0.6) is 0 Å². The van der Waals surface area contributed by atoms with Gasteiger partial charge < -0.3 is 5.11 Å². The fourth-order valence-corrected chi connectivity index (χ4v) is 3.27. The van der Waals surface area contributed by atoms with Gasteiger partial charge in [-0.25, -0.2) is 14.5 Å². The highest BCUT2D eigenvalue weighted by Crippen LogP contribution is 2.31.